The molecule has 0 aliphatic heterocycles. The Morgan fingerprint density at radius 1 is 1.32 bits per heavy atom. The molecule has 1 aliphatic carbocycles. The van der Waals surface area contributed by atoms with E-state index in [4.69, 9.17) is 9.15 Å². The van der Waals surface area contributed by atoms with E-state index in [0.717, 1.165) is 12.8 Å². The molecule has 1 aliphatic rings. The highest BCUT2D eigenvalue weighted by Crippen LogP contribution is 2.29. The zero-order valence-corrected chi connectivity index (χ0v) is 13.8. The largest absolute Gasteiger partial charge is 0.466 e. The Balaban J connectivity index is 1.82. The van der Waals surface area contributed by atoms with Gasteiger partial charge >= 0.3 is 5.97 Å². The van der Waals surface area contributed by atoms with Crippen molar-refractivity contribution in [3.05, 3.63) is 23.2 Å². The molecule has 0 radical (unpaired) electrons. The number of esters is 1. The van der Waals surface area contributed by atoms with E-state index in [9.17, 15) is 9.59 Å². The summed E-state index contributed by atoms with van der Waals surface area (Å²) in [7, 11) is 0. The number of aryl methyl sites for hydroxylation is 2. The minimum Gasteiger partial charge on any atom is -0.466 e. The number of hydrogen-bond acceptors (Lipinski definition) is 4. The van der Waals surface area contributed by atoms with Gasteiger partial charge in [0.2, 0.25) is 0 Å². The molecule has 1 heterocycles. The molecule has 22 heavy (non-hydrogen) atoms. The van der Waals surface area contributed by atoms with Gasteiger partial charge in [-0.3, -0.25) is 4.79 Å². The monoisotopic (exact) mass is 307 g/mol. The SMILES string of the molecule is Cc1cc(C(=O)OCC(=O)N[C@@H]2CCC[C@H](C)[C@@H]2C)c(C)o1. The lowest BCUT2D eigenvalue weighted by atomic mass is 9.78. The number of carbonyl (C=O) groups excluding carboxylic acids is 2. The van der Waals surface area contributed by atoms with Crippen LogP contribution in [0.1, 0.15) is 55.0 Å². The van der Waals surface area contributed by atoms with Crippen LogP contribution in [0.4, 0.5) is 0 Å². The standard InChI is InChI=1S/C17H25NO4/c1-10-6-5-7-15(12(10)3)18-16(19)9-21-17(20)14-8-11(2)22-13(14)4/h8,10,12,15H,5-7,9H2,1-4H3,(H,18,19)/t10-,12-,15+/m0/s1. The molecular weight excluding hydrogens is 282 g/mol. The average Bonchev–Trinajstić information content (AvgIpc) is 2.80. The zero-order chi connectivity index (χ0) is 16.3. The van der Waals surface area contributed by atoms with Gasteiger partial charge in [0, 0.05) is 6.04 Å². The van der Waals surface area contributed by atoms with Gasteiger partial charge < -0.3 is 14.5 Å². The third-order valence-electron chi connectivity index (χ3n) is 4.65. The van der Waals surface area contributed by atoms with E-state index in [0.29, 0.717) is 28.9 Å². The van der Waals surface area contributed by atoms with Crippen LogP contribution in [0.5, 0.6) is 0 Å². The van der Waals surface area contributed by atoms with Crippen LogP contribution in [-0.2, 0) is 9.53 Å². The van der Waals surface area contributed by atoms with Crippen molar-refractivity contribution in [1.82, 2.24) is 5.32 Å². The van der Waals surface area contributed by atoms with Crippen LogP contribution >= 0.6 is 0 Å². The highest BCUT2D eigenvalue weighted by Gasteiger charge is 2.28. The van der Waals surface area contributed by atoms with E-state index in [-0.39, 0.29) is 18.6 Å². The normalized spacial score (nSPS) is 24.8. The van der Waals surface area contributed by atoms with Crippen molar-refractivity contribution in [1.29, 1.82) is 0 Å². The van der Waals surface area contributed by atoms with Gasteiger partial charge in [-0.2, -0.15) is 0 Å². The summed E-state index contributed by atoms with van der Waals surface area (Å²) < 4.78 is 10.4. The molecule has 122 valence electrons. The summed E-state index contributed by atoms with van der Waals surface area (Å²) >= 11 is 0. The van der Waals surface area contributed by atoms with Crippen molar-refractivity contribution < 1.29 is 18.7 Å². The number of rotatable bonds is 4. The van der Waals surface area contributed by atoms with E-state index < -0.39 is 5.97 Å². The van der Waals surface area contributed by atoms with E-state index in [1.165, 1.54) is 6.42 Å². The summed E-state index contributed by atoms with van der Waals surface area (Å²) in [4.78, 5) is 23.9. The zero-order valence-electron chi connectivity index (χ0n) is 13.8. The van der Waals surface area contributed by atoms with Crippen LogP contribution in [0, 0.1) is 25.7 Å². The molecule has 0 unspecified atom stereocenters. The number of carbonyl (C=O) groups is 2. The third kappa shape index (κ3) is 3.90. The first-order chi connectivity index (χ1) is 10.4. The number of furan rings is 1. The van der Waals surface area contributed by atoms with E-state index >= 15 is 0 Å². The summed E-state index contributed by atoms with van der Waals surface area (Å²) in [6.45, 7) is 7.60. The quantitative estimate of drug-likeness (QED) is 0.868. The number of hydrogen-bond donors (Lipinski definition) is 1. The van der Waals surface area contributed by atoms with E-state index in [1.807, 2.05) is 0 Å². The van der Waals surface area contributed by atoms with Gasteiger partial charge in [-0.25, -0.2) is 4.79 Å². The van der Waals surface area contributed by atoms with Gasteiger partial charge in [0.25, 0.3) is 5.91 Å². The highest BCUT2D eigenvalue weighted by molar-refractivity contribution is 5.92. The molecule has 5 heteroatoms. The molecule has 3 atom stereocenters. The molecule has 1 aromatic heterocycles. The Hall–Kier alpha value is -1.78. The van der Waals surface area contributed by atoms with E-state index in [2.05, 4.69) is 19.2 Å². The Morgan fingerprint density at radius 2 is 2.05 bits per heavy atom. The molecule has 2 rings (SSSR count). The van der Waals surface area contributed by atoms with Crippen molar-refractivity contribution in [3.8, 4) is 0 Å². The molecule has 0 bridgehead atoms. The lowest BCUT2D eigenvalue weighted by Crippen LogP contribution is -2.45. The van der Waals surface area contributed by atoms with Gasteiger partial charge in [0.05, 0.1) is 0 Å². The van der Waals surface area contributed by atoms with Gasteiger partial charge in [-0.15, -0.1) is 0 Å². The van der Waals surface area contributed by atoms with Crippen molar-refractivity contribution in [2.75, 3.05) is 6.61 Å². The summed E-state index contributed by atoms with van der Waals surface area (Å²) in [5.74, 6) is 1.47. The molecule has 0 aromatic carbocycles. The average molecular weight is 307 g/mol. The second-order valence-corrected chi connectivity index (χ2v) is 6.34. The smallest absolute Gasteiger partial charge is 0.342 e. The summed E-state index contributed by atoms with van der Waals surface area (Å²) in [6, 6.07) is 1.80. The number of amides is 1. The Labute approximate surface area is 131 Å². The summed E-state index contributed by atoms with van der Waals surface area (Å²) in [5.41, 5.74) is 0.380. The molecule has 1 amide bonds. The first kappa shape index (κ1) is 16.6. The van der Waals surface area contributed by atoms with Gasteiger partial charge in [-0.05, 0) is 38.2 Å². The fourth-order valence-electron chi connectivity index (χ4n) is 3.08. The molecule has 0 spiro atoms. The van der Waals surface area contributed by atoms with Crippen molar-refractivity contribution >= 4 is 11.9 Å². The lowest BCUT2D eigenvalue weighted by Gasteiger charge is -2.34. The fraction of sp³-hybridized carbons (Fsp3) is 0.647. The van der Waals surface area contributed by atoms with Gasteiger partial charge in [0.15, 0.2) is 6.61 Å². The third-order valence-corrected chi connectivity index (χ3v) is 4.65. The van der Waals surface area contributed by atoms with Gasteiger partial charge in [-0.1, -0.05) is 26.7 Å². The maximum Gasteiger partial charge on any atom is 0.342 e. The first-order valence-electron chi connectivity index (χ1n) is 7.92. The van der Waals surface area contributed by atoms with Crippen molar-refractivity contribution in [2.45, 2.75) is 53.0 Å². The number of nitrogens with one attached hydrogen (secondary N) is 1. The lowest BCUT2D eigenvalue weighted by molar-refractivity contribution is -0.125. The molecule has 1 fully saturated rings. The van der Waals surface area contributed by atoms with Crippen LogP contribution in [0.3, 0.4) is 0 Å². The van der Waals surface area contributed by atoms with Crippen LogP contribution in [-0.4, -0.2) is 24.5 Å². The number of ether oxygens (including phenoxy) is 1. The topological polar surface area (TPSA) is 68.5 Å². The fourth-order valence-corrected chi connectivity index (χ4v) is 3.08. The minimum absolute atomic E-state index is 0.174. The van der Waals surface area contributed by atoms with E-state index in [1.54, 1.807) is 19.9 Å². The summed E-state index contributed by atoms with van der Waals surface area (Å²) in [5, 5.41) is 2.99. The highest BCUT2D eigenvalue weighted by atomic mass is 16.5. The predicted octanol–water partition coefficient (Wildman–Crippen LogP) is 2.99. The van der Waals surface area contributed by atoms with Crippen LogP contribution in [0.25, 0.3) is 0 Å². The molecule has 5 nitrogen and oxygen atoms in total. The maximum atomic E-state index is 12.0. The summed E-state index contributed by atoms with van der Waals surface area (Å²) in [6.07, 6.45) is 3.33. The molecule has 0 saturated heterocycles. The predicted molar refractivity (Wildman–Crippen MR) is 82.6 cm³/mol. The Morgan fingerprint density at radius 3 is 2.68 bits per heavy atom. The molecule has 1 N–H and O–H groups in total. The maximum absolute atomic E-state index is 12.0. The second kappa shape index (κ2) is 6.99. The van der Waals surface area contributed by atoms with Crippen molar-refractivity contribution in [2.24, 2.45) is 11.8 Å². The molecular formula is C17H25NO4. The van der Waals surface area contributed by atoms with Crippen LogP contribution < -0.4 is 5.32 Å². The minimum atomic E-state index is -0.519. The first-order valence-corrected chi connectivity index (χ1v) is 7.92. The van der Waals surface area contributed by atoms with Crippen molar-refractivity contribution in [3.63, 3.8) is 0 Å². The Bertz CT molecular complexity index is 549. The Kier molecular flexibility index (Phi) is 5.27. The van der Waals surface area contributed by atoms with Gasteiger partial charge in [0.1, 0.15) is 17.1 Å². The second-order valence-electron chi connectivity index (χ2n) is 6.34. The molecule has 1 saturated carbocycles. The van der Waals surface area contributed by atoms with Crippen LogP contribution in [0.15, 0.2) is 10.5 Å². The molecule has 1 aromatic rings. The van der Waals surface area contributed by atoms with Crippen LogP contribution in [0.2, 0.25) is 0 Å².